The minimum absolute atomic E-state index is 0.0112. The van der Waals surface area contributed by atoms with Gasteiger partial charge in [0, 0.05) is 19.0 Å². The van der Waals surface area contributed by atoms with E-state index >= 15 is 0 Å². The van der Waals surface area contributed by atoms with Crippen molar-refractivity contribution in [3.05, 3.63) is 57.3 Å². The van der Waals surface area contributed by atoms with Crippen LogP contribution in [0.1, 0.15) is 21.6 Å². The van der Waals surface area contributed by atoms with E-state index in [9.17, 15) is 4.79 Å². The van der Waals surface area contributed by atoms with Gasteiger partial charge in [-0.15, -0.1) is 11.3 Å². The van der Waals surface area contributed by atoms with Crippen LogP contribution in [0, 0.1) is 13.8 Å². The lowest BCUT2D eigenvalue weighted by atomic mass is 10.1. The standard InChI is InChI=1S/C19H26N4OS/c1-14-7-8-16(15(2)10-14)11-20-19(22-13-18(24)23(3)4)21-12-17-6-5-9-25-17/h5-10H,11-13H2,1-4H3,(H2,20,21,22). The Morgan fingerprint density at radius 2 is 2.00 bits per heavy atom. The first-order valence-electron chi connectivity index (χ1n) is 8.26. The number of nitrogens with zero attached hydrogens (tertiary/aromatic N) is 2. The molecule has 1 heterocycles. The van der Waals surface area contributed by atoms with Crippen molar-refractivity contribution in [2.75, 3.05) is 20.6 Å². The third-order valence-electron chi connectivity index (χ3n) is 3.82. The van der Waals surface area contributed by atoms with Crippen molar-refractivity contribution in [3.8, 4) is 0 Å². The van der Waals surface area contributed by atoms with Crippen LogP contribution in [0.4, 0.5) is 0 Å². The van der Waals surface area contributed by atoms with Gasteiger partial charge in [-0.05, 0) is 36.4 Å². The highest BCUT2D eigenvalue weighted by atomic mass is 32.1. The van der Waals surface area contributed by atoms with E-state index in [1.54, 1.807) is 30.3 Å². The average Bonchev–Trinajstić information content (AvgIpc) is 3.08. The first-order chi connectivity index (χ1) is 12.0. The fraction of sp³-hybridized carbons (Fsp3) is 0.368. The summed E-state index contributed by atoms with van der Waals surface area (Å²) in [6.07, 6.45) is 0. The molecule has 0 radical (unpaired) electrons. The smallest absolute Gasteiger partial charge is 0.241 e. The lowest BCUT2D eigenvalue weighted by Gasteiger charge is -2.15. The fourth-order valence-corrected chi connectivity index (χ4v) is 2.91. The van der Waals surface area contributed by atoms with E-state index in [0.717, 1.165) is 0 Å². The zero-order valence-corrected chi connectivity index (χ0v) is 16.1. The highest BCUT2D eigenvalue weighted by molar-refractivity contribution is 7.09. The maximum atomic E-state index is 11.8. The summed E-state index contributed by atoms with van der Waals surface area (Å²) in [7, 11) is 3.49. The summed E-state index contributed by atoms with van der Waals surface area (Å²) in [5, 5.41) is 8.46. The molecule has 0 aliphatic carbocycles. The van der Waals surface area contributed by atoms with E-state index in [2.05, 4.69) is 53.7 Å². The van der Waals surface area contributed by atoms with Crippen molar-refractivity contribution < 1.29 is 4.79 Å². The summed E-state index contributed by atoms with van der Waals surface area (Å²) >= 11 is 1.69. The Bertz CT molecular complexity index is 723. The number of aliphatic imine (C=N–C) groups is 1. The molecule has 0 fully saturated rings. The maximum absolute atomic E-state index is 11.8. The quantitative estimate of drug-likeness (QED) is 0.617. The topological polar surface area (TPSA) is 56.7 Å². The van der Waals surface area contributed by atoms with E-state index in [4.69, 9.17) is 0 Å². The summed E-state index contributed by atoms with van der Waals surface area (Å²) in [6, 6.07) is 10.5. The fourth-order valence-electron chi connectivity index (χ4n) is 2.26. The molecule has 25 heavy (non-hydrogen) atoms. The number of hydrogen-bond acceptors (Lipinski definition) is 3. The Labute approximate surface area is 153 Å². The van der Waals surface area contributed by atoms with Crippen LogP contribution in [0.15, 0.2) is 40.7 Å². The zero-order valence-electron chi connectivity index (χ0n) is 15.3. The molecule has 1 aromatic heterocycles. The number of guanidine groups is 1. The molecule has 1 amide bonds. The van der Waals surface area contributed by atoms with Crippen LogP contribution in [0.3, 0.4) is 0 Å². The van der Waals surface area contributed by atoms with Gasteiger partial charge >= 0.3 is 0 Å². The third-order valence-corrected chi connectivity index (χ3v) is 4.70. The van der Waals surface area contributed by atoms with E-state index in [-0.39, 0.29) is 12.5 Å². The molecule has 2 rings (SSSR count). The Kier molecular flexibility index (Phi) is 7.01. The normalized spacial score (nSPS) is 11.3. The summed E-state index contributed by atoms with van der Waals surface area (Å²) in [5.74, 6) is 0.653. The van der Waals surface area contributed by atoms with Gasteiger partial charge in [-0.2, -0.15) is 0 Å². The third kappa shape index (κ3) is 6.23. The van der Waals surface area contributed by atoms with Gasteiger partial charge in [0.1, 0.15) is 0 Å². The van der Waals surface area contributed by atoms with Crippen molar-refractivity contribution in [1.82, 2.24) is 15.5 Å². The molecule has 1 aromatic carbocycles. The minimum Gasteiger partial charge on any atom is -0.351 e. The Hall–Kier alpha value is -2.34. The van der Waals surface area contributed by atoms with Gasteiger partial charge in [-0.1, -0.05) is 29.8 Å². The lowest BCUT2D eigenvalue weighted by Crippen LogP contribution is -2.42. The van der Waals surface area contributed by atoms with Crippen molar-refractivity contribution in [2.45, 2.75) is 26.9 Å². The molecule has 0 atom stereocenters. The summed E-state index contributed by atoms with van der Waals surface area (Å²) in [5.41, 5.74) is 3.66. The second kappa shape index (κ2) is 9.22. The lowest BCUT2D eigenvalue weighted by molar-refractivity contribution is -0.127. The van der Waals surface area contributed by atoms with Crippen molar-refractivity contribution in [3.63, 3.8) is 0 Å². The molecule has 5 nitrogen and oxygen atoms in total. The first kappa shape index (κ1) is 19.0. The number of amides is 1. The Balaban J connectivity index is 2.04. The monoisotopic (exact) mass is 358 g/mol. The molecule has 0 spiro atoms. The highest BCUT2D eigenvalue weighted by Crippen LogP contribution is 2.11. The van der Waals surface area contributed by atoms with E-state index in [1.807, 2.05) is 11.4 Å². The predicted octanol–water partition coefficient (Wildman–Crippen LogP) is 2.69. The molecule has 6 heteroatoms. The van der Waals surface area contributed by atoms with E-state index < -0.39 is 0 Å². The molecule has 0 unspecified atom stereocenters. The summed E-state index contributed by atoms with van der Waals surface area (Å²) < 4.78 is 0. The predicted molar refractivity (Wildman–Crippen MR) is 105 cm³/mol. The van der Waals surface area contributed by atoms with Crippen LogP contribution in [0.2, 0.25) is 0 Å². The van der Waals surface area contributed by atoms with Crippen LogP contribution >= 0.6 is 11.3 Å². The van der Waals surface area contributed by atoms with Gasteiger partial charge < -0.3 is 15.5 Å². The molecule has 0 aliphatic rings. The van der Waals surface area contributed by atoms with Gasteiger partial charge in [-0.25, -0.2) is 4.99 Å². The number of rotatable bonds is 6. The zero-order chi connectivity index (χ0) is 18.2. The number of nitrogens with one attached hydrogen (secondary N) is 2. The number of benzene rings is 1. The second-order valence-corrected chi connectivity index (χ2v) is 7.20. The van der Waals surface area contributed by atoms with Gasteiger partial charge in [0.15, 0.2) is 5.96 Å². The van der Waals surface area contributed by atoms with Gasteiger partial charge in [0.25, 0.3) is 0 Å². The SMILES string of the molecule is Cc1ccc(CN=C(NCC(=O)N(C)C)NCc2cccs2)c(C)c1. The average molecular weight is 359 g/mol. The molecule has 134 valence electrons. The molecule has 0 saturated heterocycles. The van der Waals surface area contributed by atoms with Crippen molar-refractivity contribution in [1.29, 1.82) is 0 Å². The van der Waals surface area contributed by atoms with E-state index in [1.165, 1.54) is 21.6 Å². The molecule has 0 bridgehead atoms. The molecule has 2 aromatic rings. The molecular weight excluding hydrogens is 332 g/mol. The number of aryl methyl sites for hydroxylation is 2. The highest BCUT2D eigenvalue weighted by Gasteiger charge is 2.07. The van der Waals surface area contributed by atoms with Crippen LogP contribution in [-0.2, 0) is 17.9 Å². The minimum atomic E-state index is 0.0112. The van der Waals surface area contributed by atoms with Crippen molar-refractivity contribution in [2.24, 2.45) is 4.99 Å². The largest absolute Gasteiger partial charge is 0.351 e. The Morgan fingerprint density at radius 3 is 2.64 bits per heavy atom. The summed E-state index contributed by atoms with van der Waals surface area (Å²) in [4.78, 5) is 19.3. The Morgan fingerprint density at radius 1 is 1.20 bits per heavy atom. The maximum Gasteiger partial charge on any atom is 0.241 e. The van der Waals surface area contributed by atoms with E-state index in [0.29, 0.717) is 19.0 Å². The number of hydrogen-bond donors (Lipinski definition) is 2. The molecule has 2 N–H and O–H groups in total. The van der Waals surface area contributed by atoms with Crippen LogP contribution in [0.5, 0.6) is 0 Å². The second-order valence-electron chi connectivity index (χ2n) is 6.17. The number of carbonyl (C=O) groups excluding carboxylic acids is 1. The van der Waals surface area contributed by atoms with Crippen molar-refractivity contribution >= 4 is 23.2 Å². The summed E-state index contributed by atoms with van der Waals surface area (Å²) in [6.45, 7) is 5.66. The first-order valence-corrected chi connectivity index (χ1v) is 9.14. The van der Waals surface area contributed by atoms with Gasteiger partial charge in [0.05, 0.1) is 19.6 Å². The molecule has 0 saturated carbocycles. The molecular formula is C19H26N4OS. The number of thiophene rings is 1. The molecule has 0 aliphatic heterocycles. The van der Waals surface area contributed by atoms with Crippen LogP contribution < -0.4 is 10.6 Å². The van der Waals surface area contributed by atoms with Gasteiger partial charge in [-0.3, -0.25) is 4.79 Å². The van der Waals surface area contributed by atoms with Gasteiger partial charge in [0.2, 0.25) is 5.91 Å². The van der Waals surface area contributed by atoms with Crippen LogP contribution in [-0.4, -0.2) is 37.4 Å². The number of carbonyl (C=O) groups is 1. The van der Waals surface area contributed by atoms with Crippen LogP contribution in [0.25, 0.3) is 0 Å². The number of likely N-dealkylation sites (N-methyl/N-ethyl adjacent to an activating group) is 1.